The summed E-state index contributed by atoms with van der Waals surface area (Å²) in [4.78, 5) is 11.5. The van der Waals surface area contributed by atoms with Crippen LogP contribution in [0.3, 0.4) is 0 Å². The maximum atomic E-state index is 11.5. The summed E-state index contributed by atoms with van der Waals surface area (Å²) < 4.78 is 18.3. The minimum absolute atomic E-state index is 0.136. The number of aliphatic hydroxyl groups is 1. The first-order valence-electron chi connectivity index (χ1n) is 10.8. The molecule has 5 nitrogen and oxygen atoms in total. The molecular formula is C27H30O5. The second kappa shape index (κ2) is 13.6. The van der Waals surface area contributed by atoms with Crippen LogP contribution >= 0.6 is 0 Å². The smallest absolute Gasteiger partial charge is 0.122 e. The van der Waals surface area contributed by atoms with E-state index in [1.165, 1.54) is 0 Å². The van der Waals surface area contributed by atoms with Gasteiger partial charge in [0.2, 0.25) is 0 Å². The molecule has 0 heterocycles. The van der Waals surface area contributed by atoms with Crippen LogP contribution in [0.2, 0.25) is 0 Å². The van der Waals surface area contributed by atoms with Gasteiger partial charge in [-0.1, -0.05) is 91.0 Å². The molecule has 0 aliphatic carbocycles. The minimum atomic E-state index is -0.653. The molecule has 3 rings (SSSR count). The van der Waals surface area contributed by atoms with E-state index in [1.807, 2.05) is 91.0 Å². The fourth-order valence-corrected chi connectivity index (χ4v) is 3.42. The van der Waals surface area contributed by atoms with Crippen LogP contribution in [0.15, 0.2) is 91.0 Å². The second-order valence-electron chi connectivity index (χ2n) is 7.52. The van der Waals surface area contributed by atoms with Gasteiger partial charge in [0.1, 0.15) is 18.5 Å². The van der Waals surface area contributed by atoms with Crippen molar-refractivity contribution in [2.75, 3.05) is 6.61 Å². The molecule has 0 saturated carbocycles. The number of carbonyl (C=O) groups is 1. The number of carbonyl (C=O) groups excluding carboxylic acids is 1. The highest BCUT2D eigenvalue weighted by Crippen LogP contribution is 2.20. The number of ether oxygens (including phenoxy) is 3. The maximum absolute atomic E-state index is 11.5. The van der Waals surface area contributed by atoms with Crippen LogP contribution in [0.1, 0.15) is 23.1 Å². The Morgan fingerprint density at radius 2 is 1.03 bits per heavy atom. The Bertz CT molecular complexity index is 886. The van der Waals surface area contributed by atoms with Gasteiger partial charge in [-0.05, 0) is 16.7 Å². The van der Waals surface area contributed by atoms with E-state index in [4.69, 9.17) is 14.2 Å². The number of hydrogen-bond donors (Lipinski definition) is 1. The van der Waals surface area contributed by atoms with Gasteiger partial charge in [-0.2, -0.15) is 0 Å². The van der Waals surface area contributed by atoms with Gasteiger partial charge in [0, 0.05) is 6.42 Å². The summed E-state index contributed by atoms with van der Waals surface area (Å²) in [6, 6.07) is 29.3. The van der Waals surface area contributed by atoms with Gasteiger partial charge in [0.15, 0.2) is 0 Å². The first-order chi connectivity index (χ1) is 15.8. The summed E-state index contributed by atoms with van der Waals surface area (Å²) in [6.07, 6.45) is -0.890. The van der Waals surface area contributed by atoms with Gasteiger partial charge >= 0.3 is 0 Å². The average molecular weight is 435 g/mol. The van der Waals surface area contributed by atoms with Gasteiger partial charge in [-0.25, -0.2) is 0 Å². The van der Waals surface area contributed by atoms with Gasteiger partial charge in [-0.15, -0.1) is 0 Å². The third-order valence-electron chi connectivity index (χ3n) is 5.14. The Labute approximate surface area is 189 Å². The van der Waals surface area contributed by atoms with Gasteiger partial charge in [0.25, 0.3) is 0 Å². The van der Waals surface area contributed by atoms with E-state index in [9.17, 15) is 9.90 Å². The standard InChI is InChI=1S/C27H30O5/c28-17-16-25(30-19-22-10-4-1-5-11-22)27(32-21-24-14-8-3-9-15-24)26(18-29)31-20-23-12-6-2-7-13-23/h1-15,17,25-27,29H,16,18-21H2/t25-,26-,27+/m1/s1. The zero-order chi connectivity index (χ0) is 22.4. The van der Waals surface area contributed by atoms with Gasteiger partial charge in [-0.3, -0.25) is 0 Å². The predicted molar refractivity (Wildman–Crippen MR) is 123 cm³/mol. The first-order valence-corrected chi connectivity index (χ1v) is 10.8. The van der Waals surface area contributed by atoms with Crippen LogP contribution in [-0.2, 0) is 38.8 Å². The number of aliphatic hydroxyl groups excluding tert-OH is 1. The number of hydrogen-bond acceptors (Lipinski definition) is 5. The highest BCUT2D eigenvalue weighted by molar-refractivity contribution is 5.50. The Morgan fingerprint density at radius 1 is 0.625 bits per heavy atom. The molecule has 0 spiro atoms. The van der Waals surface area contributed by atoms with Crippen LogP contribution < -0.4 is 0 Å². The highest BCUT2D eigenvalue weighted by Gasteiger charge is 2.32. The van der Waals surface area contributed by atoms with Crippen LogP contribution in [0.4, 0.5) is 0 Å². The van der Waals surface area contributed by atoms with E-state index < -0.39 is 18.3 Å². The topological polar surface area (TPSA) is 65.0 Å². The monoisotopic (exact) mass is 434 g/mol. The lowest BCUT2D eigenvalue weighted by Gasteiger charge is -2.32. The second-order valence-corrected chi connectivity index (χ2v) is 7.52. The molecule has 3 aromatic rings. The zero-order valence-electron chi connectivity index (χ0n) is 18.1. The normalized spacial score (nSPS) is 13.9. The number of benzene rings is 3. The Kier molecular flexibility index (Phi) is 10.1. The summed E-state index contributed by atoms with van der Waals surface area (Å²) in [6.45, 7) is 0.724. The highest BCUT2D eigenvalue weighted by atomic mass is 16.6. The SMILES string of the molecule is O=CC[C@@H](OCc1ccccc1)[C@H](OCc1ccccc1)[C@@H](CO)OCc1ccccc1. The van der Waals surface area contributed by atoms with Crippen LogP contribution in [-0.4, -0.2) is 36.3 Å². The van der Waals surface area contributed by atoms with Gasteiger partial charge in [0.05, 0.1) is 32.5 Å². The van der Waals surface area contributed by atoms with Crippen LogP contribution in [0.25, 0.3) is 0 Å². The quantitative estimate of drug-likeness (QED) is 0.383. The third kappa shape index (κ3) is 7.70. The Balaban J connectivity index is 1.74. The molecule has 0 radical (unpaired) electrons. The van der Waals surface area contributed by atoms with E-state index in [2.05, 4.69) is 0 Å². The van der Waals surface area contributed by atoms with Crippen LogP contribution in [0, 0.1) is 0 Å². The van der Waals surface area contributed by atoms with E-state index in [-0.39, 0.29) is 13.0 Å². The third-order valence-corrected chi connectivity index (χ3v) is 5.14. The Hall–Kier alpha value is -2.83. The molecule has 0 unspecified atom stereocenters. The molecule has 0 aromatic heterocycles. The van der Waals surface area contributed by atoms with Crippen molar-refractivity contribution in [2.24, 2.45) is 0 Å². The van der Waals surface area contributed by atoms with Crippen molar-refractivity contribution in [3.05, 3.63) is 108 Å². The summed E-state index contributed by atoms with van der Waals surface area (Å²) in [5.41, 5.74) is 2.98. The molecular weight excluding hydrogens is 404 g/mol. The molecule has 5 heteroatoms. The van der Waals surface area contributed by atoms with Crippen molar-refractivity contribution in [1.29, 1.82) is 0 Å². The van der Waals surface area contributed by atoms with Crippen molar-refractivity contribution >= 4 is 6.29 Å². The van der Waals surface area contributed by atoms with Crippen molar-refractivity contribution < 1.29 is 24.1 Å². The van der Waals surface area contributed by atoms with Crippen molar-refractivity contribution in [3.63, 3.8) is 0 Å². The molecule has 0 aliphatic rings. The molecule has 0 amide bonds. The molecule has 32 heavy (non-hydrogen) atoms. The van der Waals surface area contributed by atoms with Crippen molar-refractivity contribution in [2.45, 2.75) is 44.6 Å². The Morgan fingerprint density at radius 3 is 1.44 bits per heavy atom. The molecule has 3 aromatic carbocycles. The zero-order valence-corrected chi connectivity index (χ0v) is 18.1. The molecule has 0 aliphatic heterocycles. The molecule has 168 valence electrons. The lowest BCUT2D eigenvalue weighted by Crippen LogP contribution is -2.44. The molecule has 0 bridgehead atoms. The summed E-state index contributed by atoms with van der Waals surface area (Å²) >= 11 is 0. The molecule has 1 N–H and O–H groups in total. The van der Waals surface area contributed by atoms with Crippen molar-refractivity contribution in [1.82, 2.24) is 0 Å². The molecule has 0 fully saturated rings. The molecule has 3 atom stereocenters. The number of aldehydes is 1. The minimum Gasteiger partial charge on any atom is -0.394 e. The predicted octanol–water partition coefficient (Wildman–Crippen LogP) is 4.32. The lowest BCUT2D eigenvalue weighted by atomic mass is 10.0. The lowest BCUT2D eigenvalue weighted by molar-refractivity contribution is -0.163. The van der Waals surface area contributed by atoms with E-state index >= 15 is 0 Å². The summed E-state index contributed by atoms with van der Waals surface area (Å²) in [5, 5.41) is 10.1. The first kappa shape index (κ1) is 23.8. The summed E-state index contributed by atoms with van der Waals surface area (Å²) in [7, 11) is 0. The average Bonchev–Trinajstić information content (AvgIpc) is 2.86. The summed E-state index contributed by atoms with van der Waals surface area (Å²) in [5.74, 6) is 0. The fraction of sp³-hybridized carbons (Fsp3) is 0.296. The molecule has 0 saturated heterocycles. The van der Waals surface area contributed by atoms with Gasteiger partial charge < -0.3 is 24.1 Å². The van der Waals surface area contributed by atoms with E-state index in [1.54, 1.807) is 0 Å². The van der Waals surface area contributed by atoms with Crippen LogP contribution in [0.5, 0.6) is 0 Å². The fourth-order valence-electron chi connectivity index (χ4n) is 3.42. The van der Waals surface area contributed by atoms with E-state index in [0.717, 1.165) is 23.0 Å². The van der Waals surface area contributed by atoms with Crippen molar-refractivity contribution in [3.8, 4) is 0 Å². The largest absolute Gasteiger partial charge is 0.394 e. The maximum Gasteiger partial charge on any atom is 0.122 e. The number of rotatable bonds is 14. The van der Waals surface area contributed by atoms with E-state index in [0.29, 0.717) is 19.8 Å².